The van der Waals surface area contributed by atoms with E-state index in [0.29, 0.717) is 6.61 Å². The molecule has 0 rings (SSSR count). The average Bonchev–Trinajstić information content (AvgIpc) is 2.09. The number of carbonyl (C=O) groups excluding carboxylic acids is 1. The molecule has 0 saturated heterocycles. The first kappa shape index (κ1) is 13.2. The summed E-state index contributed by atoms with van der Waals surface area (Å²) in [5.74, 6) is -0.318. The maximum Gasteiger partial charge on any atom is 0.323 e. The van der Waals surface area contributed by atoms with Crippen LogP contribution in [0.3, 0.4) is 0 Å². The molecular formula is C11H21NO2. The van der Waals surface area contributed by atoms with E-state index >= 15 is 0 Å². The van der Waals surface area contributed by atoms with Crippen molar-refractivity contribution in [2.75, 3.05) is 6.61 Å². The topological polar surface area (TPSA) is 52.3 Å². The zero-order valence-electron chi connectivity index (χ0n) is 9.54. The van der Waals surface area contributed by atoms with Gasteiger partial charge < -0.3 is 10.5 Å². The third-order valence-electron chi connectivity index (χ3n) is 1.95. The number of carbonyl (C=O) groups is 1. The van der Waals surface area contributed by atoms with Gasteiger partial charge in [-0.25, -0.2) is 0 Å². The molecule has 3 nitrogen and oxygen atoms in total. The van der Waals surface area contributed by atoms with Crippen LogP contribution in [0.15, 0.2) is 12.2 Å². The fourth-order valence-electron chi connectivity index (χ4n) is 0.838. The van der Waals surface area contributed by atoms with Crippen LogP contribution >= 0.6 is 0 Å². The van der Waals surface area contributed by atoms with Crippen LogP contribution in [0.1, 0.15) is 34.1 Å². The van der Waals surface area contributed by atoms with Crippen molar-refractivity contribution in [2.24, 2.45) is 11.1 Å². The Morgan fingerprint density at radius 3 is 2.50 bits per heavy atom. The first-order chi connectivity index (χ1) is 6.39. The highest BCUT2D eigenvalue weighted by Crippen LogP contribution is 2.18. The summed E-state index contributed by atoms with van der Waals surface area (Å²) >= 11 is 0. The van der Waals surface area contributed by atoms with Crippen molar-refractivity contribution < 1.29 is 9.53 Å². The van der Waals surface area contributed by atoms with Gasteiger partial charge in [-0.05, 0) is 18.8 Å². The fraction of sp³-hybridized carbons (Fsp3) is 0.727. The Morgan fingerprint density at radius 2 is 2.07 bits per heavy atom. The number of hydrogen-bond donors (Lipinski definition) is 1. The summed E-state index contributed by atoms with van der Waals surface area (Å²) in [5.41, 5.74) is 5.48. The Kier molecular flexibility index (Phi) is 5.46. The van der Waals surface area contributed by atoms with Gasteiger partial charge in [0.15, 0.2) is 0 Å². The number of ether oxygens (including phenoxy) is 1. The lowest BCUT2D eigenvalue weighted by Gasteiger charge is -2.24. The maximum absolute atomic E-state index is 11.4. The number of esters is 1. The van der Waals surface area contributed by atoms with E-state index < -0.39 is 6.04 Å². The van der Waals surface area contributed by atoms with Crippen molar-refractivity contribution in [1.82, 2.24) is 0 Å². The van der Waals surface area contributed by atoms with E-state index in [0.717, 1.165) is 6.42 Å². The molecule has 0 aliphatic heterocycles. The van der Waals surface area contributed by atoms with Gasteiger partial charge in [-0.15, -0.1) is 0 Å². The molecule has 0 radical (unpaired) electrons. The van der Waals surface area contributed by atoms with Gasteiger partial charge in [-0.3, -0.25) is 4.79 Å². The van der Waals surface area contributed by atoms with E-state index in [2.05, 4.69) is 0 Å². The second kappa shape index (κ2) is 5.81. The monoisotopic (exact) mass is 199 g/mol. The van der Waals surface area contributed by atoms with Gasteiger partial charge in [0.25, 0.3) is 0 Å². The summed E-state index contributed by atoms with van der Waals surface area (Å²) in [4.78, 5) is 11.4. The SMILES string of the molecule is C/C=C/CCOC(=O)[C@@H](N)C(C)(C)C. The quantitative estimate of drug-likeness (QED) is 0.427. The molecule has 0 saturated carbocycles. The van der Waals surface area contributed by atoms with Crippen LogP contribution in [-0.4, -0.2) is 18.6 Å². The van der Waals surface area contributed by atoms with Crippen molar-refractivity contribution in [3.8, 4) is 0 Å². The molecule has 1 atom stereocenters. The van der Waals surface area contributed by atoms with E-state index in [1.165, 1.54) is 0 Å². The van der Waals surface area contributed by atoms with E-state index in [-0.39, 0.29) is 11.4 Å². The lowest BCUT2D eigenvalue weighted by molar-refractivity contribution is -0.147. The van der Waals surface area contributed by atoms with Crippen molar-refractivity contribution >= 4 is 5.97 Å². The Morgan fingerprint density at radius 1 is 1.50 bits per heavy atom. The molecule has 82 valence electrons. The average molecular weight is 199 g/mol. The van der Waals surface area contributed by atoms with E-state index in [1.54, 1.807) is 0 Å². The smallest absolute Gasteiger partial charge is 0.323 e. The van der Waals surface area contributed by atoms with Crippen LogP contribution in [0.25, 0.3) is 0 Å². The van der Waals surface area contributed by atoms with Crippen molar-refractivity contribution in [3.05, 3.63) is 12.2 Å². The van der Waals surface area contributed by atoms with Gasteiger partial charge in [-0.1, -0.05) is 32.9 Å². The highest BCUT2D eigenvalue weighted by Gasteiger charge is 2.28. The molecule has 0 aromatic carbocycles. The second-order valence-corrected chi connectivity index (χ2v) is 4.37. The van der Waals surface area contributed by atoms with Crippen molar-refractivity contribution in [2.45, 2.75) is 40.2 Å². The zero-order chi connectivity index (χ0) is 11.2. The number of allylic oxidation sites excluding steroid dienone is 1. The van der Waals surface area contributed by atoms with E-state index in [1.807, 2.05) is 39.8 Å². The molecule has 0 heterocycles. The lowest BCUT2D eigenvalue weighted by atomic mass is 9.87. The van der Waals surface area contributed by atoms with Gasteiger partial charge in [0.2, 0.25) is 0 Å². The molecule has 0 aromatic heterocycles. The first-order valence-electron chi connectivity index (χ1n) is 4.93. The van der Waals surface area contributed by atoms with Gasteiger partial charge in [0.1, 0.15) is 6.04 Å². The highest BCUT2D eigenvalue weighted by atomic mass is 16.5. The lowest BCUT2D eigenvalue weighted by Crippen LogP contribution is -2.43. The summed E-state index contributed by atoms with van der Waals surface area (Å²) in [6.07, 6.45) is 4.63. The summed E-state index contributed by atoms with van der Waals surface area (Å²) in [7, 11) is 0. The minimum absolute atomic E-state index is 0.238. The van der Waals surface area contributed by atoms with Crippen LogP contribution in [0.2, 0.25) is 0 Å². The summed E-state index contributed by atoms with van der Waals surface area (Å²) in [6.45, 7) is 8.11. The molecule has 2 N–H and O–H groups in total. The molecule has 0 amide bonds. The van der Waals surface area contributed by atoms with Crippen LogP contribution in [-0.2, 0) is 9.53 Å². The normalized spacial score (nSPS) is 14.4. The standard InChI is InChI=1S/C11H21NO2/c1-5-6-7-8-14-10(13)9(12)11(2,3)4/h5-6,9H,7-8,12H2,1-4H3/b6-5+/t9-/m1/s1. The minimum atomic E-state index is -0.548. The fourth-order valence-corrected chi connectivity index (χ4v) is 0.838. The molecule has 14 heavy (non-hydrogen) atoms. The molecular weight excluding hydrogens is 178 g/mol. The third-order valence-corrected chi connectivity index (χ3v) is 1.95. The predicted octanol–water partition coefficient (Wildman–Crippen LogP) is 1.87. The number of rotatable bonds is 4. The highest BCUT2D eigenvalue weighted by molar-refractivity contribution is 5.76. The van der Waals surface area contributed by atoms with Crippen LogP contribution in [0.4, 0.5) is 0 Å². The second-order valence-electron chi connectivity index (χ2n) is 4.37. The minimum Gasteiger partial charge on any atom is -0.464 e. The molecule has 3 heteroatoms. The largest absolute Gasteiger partial charge is 0.464 e. The molecule has 0 aliphatic rings. The van der Waals surface area contributed by atoms with Gasteiger partial charge in [-0.2, -0.15) is 0 Å². The van der Waals surface area contributed by atoms with Gasteiger partial charge >= 0.3 is 5.97 Å². The summed E-state index contributed by atoms with van der Waals surface area (Å²) in [5, 5.41) is 0. The van der Waals surface area contributed by atoms with E-state index in [4.69, 9.17) is 10.5 Å². The Hall–Kier alpha value is -0.830. The number of hydrogen-bond acceptors (Lipinski definition) is 3. The zero-order valence-corrected chi connectivity index (χ0v) is 9.54. The molecule has 0 aliphatic carbocycles. The van der Waals surface area contributed by atoms with Gasteiger partial charge in [0, 0.05) is 0 Å². The third kappa shape index (κ3) is 5.02. The van der Waals surface area contributed by atoms with Crippen LogP contribution in [0.5, 0.6) is 0 Å². The van der Waals surface area contributed by atoms with Crippen LogP contribution < -0.4 is 5.73 Å². The molecule has 0 unspecified atom stereocenters. The van der Waals surface area contributed by atoms with Crippen molar-refractivity contribution in [3.63, 3.8) is 0 Å². The van der Waals surface area contributed by atoms with Crippen LogP contribution in [0, 0.1) is 5.41 Å². The molecule has 0 bridgehead atoms. The Bertz CT molecular complexity index is 204. The summed E-state index contributed by atoms with van der Waals surface area (Å²) < 4.78 is 5.02. The Balaban J connectivity index is 3.85. The van der Waals surface area contributed by atoms with E-state index in [9.17, 15) is 4.79 Å². The maximum atomic E-state index is 11.4. The molecule has 0 fully saturated rings. The van der Waals surface area contributed by atoms with Gasteiger partial charge in [0.05, 0.1) is 6.61 Å². The van der Waals surface area contributed by atoms with Crippen molar-refractivity contribution in [1.29, 1.82) is 0 Å². The molecule has 0 spiro atoms. The Labute approximate surface area is 86.3 Å². The first-order valence-corrected chi connectivity index (χ1v) is 4.93. The predicted molar refractivity (Wildman–Crippen MR) is 57.8 cm³/mol. The number of nitrogens with two attached hydrogens (primary N) is 1. The summed E-state index contributed by atoms with van der Waals surface area (Å²) in [6, 6.07) is -0.548. The molecule has 0 aromatic rings.